The second kappa shape index (κ2) is 7.45. The van der Waals surface area contributed by atoms with Gasteiger partial charge in [0.15, 0.2) is 0 Å². The van der Waals surface area contributed by atoms with E-state index in [-0.39, 0.29) is 5.56 Å². The first-order valence-corrected chi connectivity index (χ1v) is 5.78. The molecule has 1 rings (SSSR count). The van der Waals surface area contributed by atoms with E-state index in [1.165, 1.54) is 0 Å². The Labute approximate surface area is 107 Å². The number of carboxylic acids is 1. The average Bonchev–Trinajstić information content (AvgIpc) is 2.33. The largest absolute Gasteiger partial charge is 0.478 e. The minimum atomic E-state index is -0.976. The zero-order valence-electron chi connectivity index (χ0n) is 10.5. The molecule has 0 fully saturated rings. The molecule has 0 unspecified atom stereocenters. The maximum atomic E-state index is 11.1. The number of carbonyl (C=O) groups is 1. The van der Waals surface area contributed by atoms with Crippen LogP contribution in [0.4, 0.5) is 5.82 Å². The molecular formula is C13H18N2O3. The van der Waals surface area contributed by atoms with Crippen LogP contribution in [-0.4, -0.2) is 35.8 Å². The van der Waals surface area contributed by atoms with Crippen LogP contribution < -0.4 is 5.32 Å². The normalized spacial score (nSPS) is 10.1. The zero-order valence-corrected chi connectivity index (χ0v) is 10.5. The second-order valence-electron chi connectivity index (χ2n) is 3.77. The third-order valence-electron chi connectivity index (χ3n) is 2.38. The molecule has 0 aliphatic rings. The van der Waals surface area contributed by atoms with Gasteiger partial charge in [0, 0.05) is 12.7 Å². The van der Waals surface area contributed by atoms with Crippen LogP contribution in [0.5, 0.6) is 0 Å². The highest BCUT2D eigenvalue weighted by Crippen LogP contribution is 2.15. The Morgan fingerprint density at radius 3 is 3.06 bits per heavy atom. The molecule has 0 aromatic carbocycles. The summed E-state index contributed by atoms with van der Waals surface area (Å²) in [6, 6.07) is 1.68. The molecule has 5 nitrogen and oxygen atoms in total. The number of anilines is 1. The number of aryl methyl sites for hydroxylation is 1. The molecule has 0 spiro atoms. The maximum absolute atomic E-state index is 11.1. The molecule has 18 heavy (non-hydrogen) atoms. The van der Waals surface area contributed by atoms with Crippen LogP contribution in [-0.2, 0) is 4.74 Å². The molecule has 0 amide bonds. The van der Waals surface area contributed by atoms with Crippen molar-refractivity contribution < 1.29 is 14.6 Å². The fraction of sp³-hybridized carbons (Fsp3) is 0.385. The lowest BCUT2D eigenvalue weighted by Gasteiger charge is -2.10. The summed E-state index contributed by atoms with van der Waals surface area (Å²) in [5.74, 6) is -0.592. The number of aromatic nitrogens is 1. The van der Waals surface area contributed by atoms with Gasteiger partial charge in [0.2, 0.25) is 0 Å². The monoisotopic (exact) mass is 250 g/mol. The van der Waals surface area contributed by atoms with Gasteiger partial charge >= 0.3 is 5.97 Å². The van der Waals surface area contributed by atoms with Gasteiger partial charge in [-0.05, 0) is 25.0 Å². The molecular weight excluding hydrogens is 232 g/mol. The van der Waals surface area contributed by atoms with Crippen LogP contribution in [0, 0.1) is 6.92 Å². The molecule has 2 N–H and O–H groups in total. The zero-order chi connectivity index (χ0) is 13.4. The first kappa shape index (κ1) is 14.2. The highest BCUT2D eigenvalue weighted by atomic mass is 16.5. The Morgan fingerprint density at radius 2 is 2.39 bits per heavy atom. The van der Waals surface area contributed by atoms with Crippen LogP contribution >= 0.6 is 0 Å². The van der Waals surface area contributed by atoms with E-state index in [0.717, 1.165) is 6.42 Å². The van der Waals surface area contributed by atoms with Crippen molar-refractivity contribution in [1.82, 2.24) is 4.98 Å². The summed E-state index contributed by atoms with van der Waals surface area (Å²) in [4.78, 5) is 15.1. The lowest BCUT2D eigenvalue weighted by molar-refractivity contribution is 0.0696. The van der Waals surface area contributed by atoms with Crippen molar-refractivity contribution >= 4 is 11.8 Å². The molecule has 5 heteroatoms. The van der Waals surface area contributed by atoms with Crippen molar-refractivity contribution in [3.8, 4) is 0 Å². The van der Waals surface area contributed by atoms with E-state index >= 15 is 0 Å². The number of hydrogen-bond acceptors (Lipinski definition) is 4. The Hall–Kier alpha value is -1.88. The molecule has 0 saturated heterocycles. The van der Waals surface area contributed by atoms with E-state index < -0.39 is 5.97 Å². The van der Waals surface area contributed by atoms with Crippen LogP contribution in [0.1, 0.15) is 22.3 Å². The van der Waals surface area contributed by atoms with E-state index in [9.17, 15) is 4.79 Å². The van der Waals surface area contributed by atoms with Crippen LogP contribution in [0.2, 0.25) is 0 Å². The highest BCUT2D eigenvalue weighted by molar-refractivity contribution is 5.94. The molecule has 0 radical (unpaired) electrons. The summed E-state index contributed by atoms with van der Waals surface area (Å²) in [6.45, 7) is 6.99. The van der Waals surface area contributed by atoms with E-state index in [1.54, 1.807) is 25.3 Å². The third-order valence-corrected chi connectivity index (χ3v) is 2.38. The summed E-state index contributed by atoms with van der Waals surface area (Å²) in [5, 5.41) is 12.1. The molecule has 0 aliphatic heterocycles. The van der Waals surface area contributed by atoms with Gasteiger partial charge < -0.3 is 15.2 Å². The molecule has 98 valence electrons. The molecule has 0 bridgehead atoms. The molecule has 0 saturated carbocycles. The van der Waals surface area contributed by atoms with E-state index in [2.05, 4.69) is 16.9 Å². The van der Waals surface area contributed by atoms with Crippen LogP contribution in [0.15, 0.2) is 24.9 Å². The topological polar surface area (TPSA) is 71.5 Å². The van der Waals surface area contributed by atoms with Gasteiger partial charge in [-0.3, -0.25) is 0 Å². The van der Waals surface area contributed by atoms with Crippen LogP contribution in [0.3, 0.4) is 0 Å². The van der Waals surface area contributed by atoms with Crippen LogP contribution in [0.25, 0.3) is 0 Å². The molecule has 1 heterocycles. The number of nitrogens with zero attached hydrogens (tertiary/aromatic N) is 1. The number of aromatic carboxylic acids is 1. The van der Waals surface area contributed by atoms with Gasteiger partial charge in [0.05, 0.1) is 13.2 Å². The van der Waals surface area contributed by atoms with Crippen molar-refractivity contribution in [2.75, 3.05) is 25.1 Å². The summed E-state index contributed by atoms with van der Waals surface area (Å²) in [5.41, 5.74) is 0.899. The fourth-order valence-corrected chi connectivity index (χ4v) is 1.47. The second-order valence-corrected chi connectivity index (χ2v) is 3.77. The number of carboxylic acid groups (broad SMARTS) is 1. The van der Waals surface area contributed by atoms with Gasteiger partial charge in [0.1, 0.15) is 11.4 Å². The Kier molecular flexibility index (Phi) is 5.87. The van der Waals surface area contributed by atoms with Crippen molar-refractivity contribution in [3.63, 3.8) is 0 Å². The number of pyridine rings is 1. The van der Waals surface area contributed by atoms with Crippen molar-refractivity contribution in [3.05, 3.63) is 36.0 Å². The lowest BCUT2D eigenvalue weighted by atomic mass is 10.1. The number of hydrogen-bond donors (Lipinski definition) is 2. The molecule has 0 atom stereocenters. The summed E-state index contributed by atoms with van der Waals surface area (Å²) >= 11 is 0. The van der Waals surface area contributed by atoms with E-state index in [4.69, 9.17) is 9.84 Å². The predicted molar refractivity (Wildman–Crippen MR) is 70.1 cm³/mol. The van der Waals surface area contributed by atoms with Gasteiger partial charge in [-0.15, -0.1) is 6.58 Å². The average molecular weight is 250 g/mol. The number of ether oxygens (including phenoxy) is 1. The van der Waals surface area contributed by atoms with Crippen molar-refractivity contribution in [2.24, 2.45) is 0 Å². The Balaban J connectivity index is 2.49. The quantitative estimate of drug-likeness (QED) is 0.546. The molecule has 1 aromatic heterocycles. The molecule has 1 aromatic rings. The number of nitrogens with one attached hydrogen (secondary N) is 1. The Bertz CT molecular complexity index is 419. The minimum absolute atomic E-state index is 0.212. The summed E-state index contributed by atoms with van der Waals surface area (Å²) < 4.78 is 5.32. The maximum Gasteiger partial charge on any atom is 0.339 e. The fourth-order valence-electron chi connectivity index (χ4n) is 1.47. The highest BCUT2D eigenvalue weighted by Gasteiger charge is 2.13. The summed E-state index contributed by atoms with van der Waals surface area (Å²) in [6.07, 6.45) is 4.18. The first-order valence-electron chi connectivity index (χ1n) is 5.78. The van der Waals surface area contributed by atoms with E-state index in [0.29, 0.717) is 31.1 Å². The summed E-state index contributed by atoms with van der Waals surface area (Å²) in [7, 11) is 0. The van der Waals surface area contributed by atoms with Gasteiger partial charge in [0.25, 0.3) is 0 Å². The van der Waals surface area contributed by atoms with Gasteiger partial charge in [-0.25, -0.2) is 9.78 Å². The smallest absolute Gasteiger partial charge is 0.339 e. The predicted octanol–water partition coefficient (Wildman–Crippen LogP) is 2.09. The standard InChI is InChI=1S/C13H18N2O3/c1-3-4-8-18-9-7-15-12-11(13(16)17)10(2)5-6-14-12/h3,5-6H,1,4,7-9H2,2H3,(H,14,15)(H,16,17). The first-order chi connectivity index (χ1) is 8.66. The SMILES string of the molecule is C=CCCOCCNc1nccc(C)c1C(=O)O. The molecule has 0 aliphatic carbocycles. The minimum Gasteiger partial charge on any atom is -0.478 e. The number of rotatable bonds is 8. The Morgan fingerprint density at radius 1 is 1.61 bits per heavy atom. The van der Waals surface area contributed by atoms with Gasteiger partial charge in [-0.2, -0.15) is 0 Å². The van der Waals surface area contributed by atoms with E-state index in [1.807, 2.05) is 0 Å². The van der Waals surface area contributed by atoms with Crippen molar-refractivity contribution in [2.45, 2.75) is 13.3 Å². The van der Waals surface area contributed by atoms with Gasteiger partial charge in [-0.1, -0.05) is 6.08 Å². The lowest BCUT2D eigenvalue weighted by Crippen LogP contribution is -2.14. The van der Waals surface area contributed by atoms with Crippen molar-refractivity contribution in [1.29, 1.82) is 0 Å². The third kappa shape index (κ3) is 4.18.